The highest BCUT2D eigenvalue weighted by Gasteiger charge is 2.67. The molecule has 1 spiro atoms. The Balaban J connectivity index is 1.37. The van der Waals surface area contributed by atoms with E-state index in [-0.39, 0.29) is 17.9 Å². The van der Waals surface area contributed by atoms with Gasteiger partial charge < -0.3 is 19.6 Å². The topological polar surface area (TPSA) is 70.1 Å². The summed E-state index contributed by atoms with van der Waals surface area (Å²) in [6.45, 7) is 6.65. The molecule has 6 nitrogen and oxygen atoms in total. The Labute approximate surface area is 177 Å². The van der Waals surface area contributed by atoms with E-state index in [0.29, 0.717) is 37.7 Å². The summed E-state index contributed by atoms with van der Waals surface area (Å²) < 4.78 is 6.29. The normalized spacial score (nSPS) is 31.6. The molecule has 4 aliphatic heterocycles. The molecule has 2 amide bonds. The van der Waals surface area contributed by atoms with Gasteiger partial charge in [0.25, 0.3) is 0 Å². The summed E-state index contributed by atoms with van der Waals surface area (Å²) in [7, 11) is 0. The number of phenolic OH excluding ortho intramolecular Hbond substituents is 1. The van der Waals surface area contributed by atoms with Crippen LogP contribution in [0.3, 0.4) is 0 Å². The van der Waals surface area contributed by atoms with E-state index >= 15 is 0 Å². The van der Waals surface area contributed by atoms with Crippen LogP contribution in [-0.2, 0) is 27.3 Å². The summed E-state index contributed by atoms with van der Waals surface area (Å²) in [5, 5.41) is 10.1. The number of ether oxygens (including phenoxy) is 1. The molecule has 2 fully saturated rings. The number of fused-ring (bicyclic) bond motifs is 2. The number of benzene rings is 1. The minimum absolute atomic E-state index is 0.00273. The number of amides is 2. The van der Waals surface area contributed by atoms with Crippen molar-refractivity contribution < 1.29 is 19.4 Å². The summed E-state index contributed by atoms with van der Waals surface area (Å²) in [4.78, 5) is 30.7. The van der Waals surface area contributed by atoms with Crippen molar-refractivity contribution in [2.45, 2.75) is 51.4 Å². The lowest BCUT2D eigenvalue weighted by molar-refractivity contribution is -0.144. The second-order valence-corrected chi connectivity index (χ2v) is 9.23. The molecule has 0 radical (unpaired) electrons. The minimum atomic E-state index is -0.639. The van der Waals surface area contributed by atoms with Crippen LogP contribution in [0.15, 0.2) is 30.4 Å². The number of phenols is 1. The number of carbonyl (C=O) groups excluding carboxylic acids is 2. The average Bonchev–Trinajstić information content (AvgIpc) is 3.39. The fraction of sp³-hybridized carbons (Fsp3) is 0.583. The van der Waals surface area contributed by atoms with Crippen LogP contribution < -0.4 is 0 Å². The first-order chi connectivity index (χ1) is 14.5. The largest absolute Gasteiger partial charge is 0.508 e. The number of hydrogen-bond donors (Lipinski definition) is 1. The number of hydrogen-bond acceptors (Lipinski definition) is 4. The molecule has 2 bridgehead atoms. The molecule has 0 saturated carbocycles. The number of likely N-dealkylation sites (tertiary alicyclic amines) is 1. The van der Waals surface area contributed by atoms with Crippen LogP contribution >= 0.6 is 0 Å². The van der Waals surface area contributed by atoms with Gasteiger partial charge in [-0.3, -0.25) is 9.59 Å². The first kappa shape index (κ1) is 19.6. The minimum Gasteiger partial charge on any atom is -0.508 e. The van der Waals surface area contributed by atoms with Crippen LogP contribution in [0.25, 0.3) is 0 Å². The Morgan fingerprint density at radius 1 is 1.33 bits per heavy atom. The van der Waals surface area contributed by atoms with Crippen LogP contribution in [0.2, 0.25) is 0 Å². The summed E-state index contributed by atoms with van der Waals surface area (Å²) in [6.07, 6.45) is 6.41. The maximum Gasteiger partial charge on any atom is 0.230 e. The van der Waals surface area contributed by atoms with Gasteiger partial charge in [0.2, 0.25) is 11.8 Å². The van der Waals surface area contributed by atoms with Crippen molar-refractivity contribution in [2.24, 2.45) is 17.8 Å². The van der Waals surface area contributed by atoms with E-state index in [4.69, 9.17) is 4.74 Å². The van der Waals surface area contributed by atoms with Crippen LogP contribution in [0.1, 0.15) is 37.8 Å². The molecule has 2 unspecified atom stereocenters. The standard InChI is InChI=1S/C24H30N2O4/c1-3-15(4-2)12-26-14-24-10-8-19(30-24)20(21(24)23(26)29)22(28)25-11-9-17-16(13-25)6-5-7-18(17)27/h5-8,10,15,19-21,27H,3-4,9,11-14H2,1-2H3/t19-,20?,21?,24-/m0/s1. The van der Waals surface area contributed by atoms with Crippen molar-refractivity contribution in [1.29, 1.82) is 0 Å². The predicted molar refractivity (Wildman–Crippen MR) is 112 cm³/mol. The molecule has 2 saturated heterocycles. The Kier molecular flexibility index (Phi) is 4.65. The van der Waals surface area contributed by atoms with Gasteiger partial charge in [0.15, 0.2) is 0 Å². The third-order valence-electron chi connectivity index (χ3n) is 7.65. The monoisotopic (exact) mass is 410 g/mol. The van der Waals surface area contributed by atoms with Gasteiger partial charge in [0.1, 0.15) is 11.4 Å². The van der Waals surface area contributed by atoms with E-state index < -0.39 is 17.4 Å². The van der Waals surface area contributed by atoms with Crippen LogP contribution in [-0.4, -0.2) is 58.1 Å². The van der Waals surface area contributed by atoms with E-state index in [1.165, 1.54) is 0 Å². The molecule has 1 aromatic carbocycles. The lowest BCUT2D eigenvalue weighted by Gasteiger charge is -2.34. The molecule has 0 aliphatic carbocycles. The van der Waals surface area contributed by atoms with Gasteiger partial charge in [0.05, 0.1) is 24.5 Å². The quantitative estimate of drug-likeness (QED) is 0.758. The zero-order valence-electron chi connectivity index (χ0n) is 17.7. The van der Waals surface area contributed by atoms with Crippen molar-refractivity contribution in [1.82, 2.24) is 9.80 Å². The number of aromatic hydroxyl groups is 1. The molecule has 1 N–H and O–H groups in total. The summed E-state index contributed by atoms with van der Waals surface area (Å²) in [6, 6.07) is 5.47. The molecule has 0 aromatic heterocycles. The molecule has 1 aromatic rings. The number of rotatable bonds is 5. The lowest BCUT2D eigenvalue weighted by atomic mass is 9.76. The van der Waals surface area contributed by atoms with Crippen molar-refractivity contribution in [3.05, 3.63) is 41.5 Å². The summed E-state index contributed by atoms with van der Waals surface area (Å²) in [5.74, 6) is -0.0170. The van der Waals surface area contributed by atoms with Gasteiger partial charge >= 0.3 is 0 Å². The number of nitrogens with zero attached hydrogens (tertiary/aromatic N) is 2. The maximum absolute atomic E-state index is 13.6. The summed E-state index contributed by atoms with van der Waals surface area (Å²) >= 11 is 0. The first-order valence-corrected chi connectivity index (χ1v) is 11.2. The molecule has 4 atom stereocenters. The van der Waals surface area contributed by atoms with E-state index in [1.54, 1.807) is 6.07 Å². The highest BCUT2D eigenvalue weighted by atomic mass is 16.5. The molecular formula is C24H30N2O4. The van der Waals surface area contributed by atoms with Crippen LogP contribution in [0.4, 0.5) is 0 Å². The van der Waals surface area contributed by atoms with E-state index in [0.717, 1.165) is 30.5 Å². The predicted octanol–water partition coefficient (Wildman–Crippen LogP) is 2.50. The highest BCUT2D eigenvalue weighted by molar-refractivity contribution is 5.93. The molecule has 30 heavy (non-hydrogen) atoms. The Morgan fingerprint density at radius 3 is 2.90 bits per heavy atom. The van der Waals surface area contributed by atoms with Gasteiger partial charge in [0, 0.05) is 25.2 Å². The van der Waals surface area contributed by atoms with Crippen molar-refractivity contribution in [3.63, 3.8) is 0 Å². The smallest absolute Gasteiger partial charge is 0.230 e. The second kappa shape index (κ2) is 7.12. The van der Waals surface area contributed by atoms with Gasteiger partial charge in [-0.05, 0) is 24.0 Å². The lowest BCUT2D eigenvalue weighted by Crippen LogP contribution is -2.47. The van der Waals surface area contributed by atoms with Gasteiger partial charge in [-0.25, -0.2) is 0 Å². The molecular weight excluding hydrogens is 380 g/mol. The summed E-state index contributed by atoms with van der Waals surface area (Å²) in [5.41, 5.74) is 1.27. The third-order valence-corrected chi connectivity index (χ3v) is 7.65. The average molecular weight is 411 g/mol. The Hall–Kier alpha value is -2.34. The maximum atomic E-state index is 13.6. The van der Waals surface area contributed by atoms with Crippen LogP contribution in [0.5, 0.6) is 5.75 Å². The SMILES string of the molecule is CCC(CC)CN1C[C@]23C=C[C@H](O2)C(C(=O)N2CCc4c(O)cccc4C2)C3C1=O. The molecule has 5 rings (SSSR count). The van der Waals surface area contributed by atoms with Crippen molar-refractivity contribution in [3.8, 4) is 5.75 Å². The van der Waals surface area contributed by atoms with E-state index in [2.05, 4.69) is 13.8 Å². The first-order valence-electron chi connectivity index (χ1n) is 11.2. The molecule has 160 valence electrons. The van der Waals surface area contributed by atoms with Crippen molar-refractivity contribution >= 4 is 11.8 Å². The van der Waals surface area contributed by atoms with Gasteiger partial charge in [-0.15, -0.1) is 0 Å². The van der Waals surface area contributed by atoms with Crippen molar-refractivity contribution in [2.75, 3.05) is 19.6 Å². The molecule has 6 heteroatoms. The fourth-order valence-electron chi connectivity index (χ4n) is 5.86. The van der Waals surface area contributed by atoms with E-state index in [9.17, 15) is 14.7 Å². The Morgan fingerprint density at radius 2 is 2.13 bits per heavy atom. The van der Waals surface area contributed by atoms with Gasteiger partial charge in [-0.2, -0.15) is 0 Å². The second-order valence-electron chi connectivity index (χ2n) is 9.23. The fourth-order valence-corrected chi connectivity index (χ4v) is 5.86. The zero-order chi connectivity index (χ0) is 21.0. The Bertz CT molecular complexity index is 908. The zero-order valence-corrected chi connectivity index (χ0v) is 17.7. The highest BCUT2D eigenvalue weighted by Crippen LogP contribution is 2.52. The van der Waals surface area contributed by atoms with E-state index in [1.807, 2.05) is 34.1 Å². The molecule has 4 heterocycles. The van der Waals surface area contributed by atoms with Crippen LogP contribution in [0, 0.1) is 17.8 Å². The third kappa shape index (κ3) is 2.80. The number of carbonyl (C=O) groups is 2. The van der Waals surface area contributed by atoms with Gasteiger partial charge in [-0.1, -0.05) is 51.0 Å². The molecule has 4 aliphatic rings.